The molecule has 0 N–H and O–H groups in total. The van der Waals surface area contributed by atoms with Gasteiger partial charge in [0.25, 0.3) is 0 Å². The Morgan fingerprint density at radius 1 is 0.412 bits per heavy atom. The van der Waals surface area contributed by atoms with Crippen molar-refractivity contribution in [3.63, 3.8) is 0 Å². The van der Waals surface area contributed by atoms with Gasteiger partial charge in [-0.15, -0.1) is 0 Å². The largest absolute Gasteiger partial charge is 0.462 e. The van der Waals surface area contributed by atoms with Crippen molar-refractivity contribution in [2.75, 3.05) is 0 Å². The first-order valence-corrected chi connectivity index (χ1v) is 7.07. The molecule has 0 spiro atoms. The molecule has 1 aliphatic carbocycles. The van der Waals surface area contributed by atoms with E-state index in [-0.39, 0.29) is 0 Å². The predicted molar refractivity (Wildman–Crippen MR) is 55.5 cm³/mol. The topological polar surface area (TPSA) is 9.23 Å². The van der Waals surface area contributed by atoms with Gasteiger partial charge in [0.1, 0.15) is 0 Å². The van der Waals surface area contributed by atoms with Gasteiger partial charge in [-0.2, -0.15) is 92.2 Å². The Morgan fingerprint density at radius 3 is 1.06 bits per heavy atom. The molecule has 0 radical (unpaired) electrons. The monoisotopic (exact) mass is 566 g/mol. The molecule has 0 aromatic heterocycles. The van der Waals surface area contributed by atoms with E-state index in [1.165, 1.54) is 0 Å². The van der Waals surface area contributed by atoms with Crippen molar-refractivity contribution in [1.82, 2.24) is 0 Å². The Labute approximate surface area is 168 Å². The molecule has 2 atom stereocenters. The first kappa shape index (κ1) is 30.5. The van der Waals surface area contributed by atoms with Crippen molar-refractivity contribution < 1.29 is 101 Å². The summed E-state index contributed by atoms with van der Waals surface area (Å²) in [5.74, 6) is -61.2. The third-order valence-corrected chi connectivity index (χ3v) is 4.24. The normalized spacial score (nSPS) is 31.9. The smallest absolute Gasteiger partial charge is 0.267 e. The van der Waals surface area contributed by atoms with Gasteiger partial charge in [0.05, 0.1) is 0 Å². The highest BCUT2D eigenvalue weighted by molar-refractivity contribution is 5.31. The number of hydrogen-bond acceptors (Lipinski definition) is 1. The number of halogens is 22. The molecule has 1 fully saturated rings. The first-order chi connectivity index (χ1) is 14.2. The van der Waals surface area contributed by atoms with E-state index < -0.39 is 65.5 Å². The second-order valence-electron chi connectivity index (χ2n) is 6.31. The zero-order valence-corrected chi connectivity index (χ0v) is 14.2. The average Bonchev–Trinajstić information content (AvgIpc) is 2.56. The second-order valence-corrected chi connectivity index (χ2v) is 6.31. The van der Waals surface area contributed by atoms with Crippen LogP contribution in [0.25, 0.3) is 0 Å². The van der Waals surface area contributed by atoms with E-state index in [0.29, 0.717) is 0 Å². The lowest BCUT2D eigenvalue weighted by Gasteiger charge is -2.56. The molecule has 0 aromatic carbocycles. The summed E-state index contributed by atoms with van der Waals surface area (Å²) in [6.07, 6.45) is -24.6. The molecule has 23 heteroatoms. The summed E-state index contributed by atoms with van der Waals surface area (Å²) in [5.41, 5.74) is -9.12. The van der Waals surface area contributed by atoms with Gasteiger partial charge in [0, 0.05) is 0 Å². The van der Waals surface area contributed by atoms with Crippen LogP contribution in [-0.4, -0.2) is 65.5 Å². The summed E-state index contributed by atoms with van der Waals surface area (Å²) in [4.78, 5) is 0. The van der Waals surface area contributed by atoms with Gasteiger partial charge in [-0.1, -0.05) is 0 Å². The molecule has 0 aromatic rings. The minimum absolute atomic E-state index is 0.996. The van der Waals surface area contributed by atoms with Gasteiger partial charge >= 0.3 is 65.5 Å². The van der Waals surface area contributed by atoms with Gasteiger partial charge in [-0.25, -0.2) is 4.39 Å². The molecule has 0 unspecified atom stereocenters. The highest BCUT2D eigenvalue weighted by Crippen LogP contribution is 2.74. The quantitative estimate of drug-likeness (QED) is 0.336. The van der Waals surface area contributed by atoms with Crippen LogP contribution in [0.4, 0.5) is 96.6 Å². The van der Waals surface area contributed by atoms with Crippen LogP contribution < -0.4 is 0 Å². The maximum Gasteiger partial charge on any atom is 0.462 e. The van der Waals surface area contributed by atoms with Crippen molar-refractivity contribution in [2.45, 2.75) is 65.5 Å². The second kappa shape index (κ2) is 6.79. The van der Waals surface area contributed by atoms with Crippen LogP contribution in [0.5, 0.6) is 0 Å². The Bertz CT molecular complexity index is 803. The highest BCUT2D eigenvalue weighted by atomic mass is 19.4. The van der Waals surface area contributed by atoms with Crippen molar-refractivity contribution in [3.8, 4) is 0 Å². The number of ether oxygens (including phenoxy) is 1. The lowest BCUT2D eigenvalue weighted by Crippen LogP contribution is -2.90. The minimum atomic E-state index is -9.12. The van der Waals surface area contributed by atoms with Crippen molar-refractivity contribution >= 4 is 0 Å². The fourth-order valence-electron chi connectivity index (χ4n) is 2.35. The lowest BCUT2D eigenvalue weighted by molar-refractivity contribution is -0.568. The Balaban J connectivity index is 4.18. The highest BCUT2D eigenvalue weighted by Gasteiger charge is 3.07. The van der Waals surface area contributed by atoms with Gasteiger partial charge in [-0.05, 0) is 0 Å². The number of hydrogen-bond donors (Lipinski definition) is 0. The summed E-state index contributed by atoms with van der Waals surface area (Å²) in [5, 5.41) is 0. The summed E-state index contributed by atoms with van der Waals surface area (Å²) in [7, 11) is 0. The number of rotatable bonds is 4. The lowest BCUT2D eigenvalue weighted by atomic mass is 9.68. The zero-order valence-electron chi connectivity index (χ0n) is 14.2. The van der Waals surface area contributed by atoms with E-state index in [0.717, 1.165) is 4.74 Å². The first-order valence-electron chi connectivity index (χ1n) is 7.07. The predicted octanol–water partition coefficient (Wildman–Crippen LogP) is 6.92. The van der Waals surface area contributed by atoms with Crippen LogP contribution in [0, 0.1) is 0 Å². The molecule has 0 heterocycles. The zero-order chi connectivity index (χ0) is 28.2. The van der Waals surface area contributed by atoms with E-state index in [2.05, 4.69) is 0 Å². The average molecular weight is 566 g/mol. The van der Waals surface area contributed by atoms with Crippen molar-refractivity contribution in [1.29, 1.82) is 0 Å². The summed E-state index contributed by atoms with van der Waals surface area (Å²) < 4.78 is 288. The van der Waals surface area contributed by atoms with Crippen molar-refractivity contribution in [3.05, 3.63) is 0 Å². The molecular weight excluding hydrogens is 566 g/mol. The fourth-order valence-corrected chi connectivity index (χ4v) is 2.35. The van der Waals surface area contributed by atoms with E-state index in [1.54, 1.807) is 0 Å². The van der Waals surface area contributed by atoms with Gasteiger partial charge in [-0.3, -0.25) is 4.74 Å². The summed E-state index contributed by atoms with van der Waals surface area (Å²) >= 11 is 0. The van der Waals surface area contributed by atoms with Crippen molar-refractivity contribution in [2.24, 2.45) is 0 Å². The van der Waals surface area contributed by atoms with Crippen LogP contribution in [0.15, 0.2) is 0 Å². The molecule has 34 heavy (non-hydrogen) atoms. The fraction of sp³-hybridized carbons (Fsp3) is 1.00. The van der Waals surface area contributed by atoms with Crippen LogP contribution in [0.1, 0.15) is 0 Å². The van der Waals surface area contributed by atoms with E-state index in [1.807, 2.05) is 0 Å². The molecule has 0 saturated heterocycles. The molecule has 1 saturated carbocycles. The molecule has 1 nitrogen and oxygen atoms in total. The van der Waals surface area contributed by atoms with Crippen LogP contribution in [-0.2, 0) is 4.74 Å². The minimum Gasteiger partial charge on any atom is -0.267 e. The Hall–Kier alpha value is -1.58. The van der Waals surface area contributed by atoms with Crippen LogP contribution >= 0.6 is 0 Å². The number of alkyl halides is 22. The van der Waals surface area contributed by atoms with Crippen LogP contribution in [0.2, 0.25) is 0 Å². The van der Waals surface area contributed by atoms with E-state index >= 15 is 0 Å². The molecule has 0 aliphatic heterocycles. The maximum atomic E-state index is 14.1. The maximum absolute atomic E-state index is 14.1. The van der Waals surface area contributed by atoms with Crippen LogP contribution in [0.3, 0.4) is 0 Å². The standard InChI is InChI=1S/C11F22O/c12-1(4(17,18)9(26,27)28)2(13,14)5(19,20)6(21,22)8(25,3(1,15)16)34-11(32,33)7(23,24)10(29,30)31/t1-,8+/m0/s1. The molecule has 1 rings (SSSR count). The van der Waals surface area contributed by atoms with E-state index in [9.17, 15) is 96.6 Å². The molecule has 0 bridgehead atoms. The molecular formula is C11F22O. The Kier molecular flexibility index (Phi) is 6.08. The third-order valence-electron chi connectivity index (χ3n) is 4.24. The third kappa shape index (κ3) is 2.95. The van der Waals surface area contributed by atoms with Gasteiger partial charge < -0.3 is 0 Å². The summed E-state index contributed by atoms with van der Waals surface area (Å²) in [6, 6.07) is 0. The summed E-state index contributed by atoms with van der Waals surface area (Å²) in [6.45, 7) is 0. The molecule has 204 valence electrons. The SMILES string of the molecule is FC(F)(F)C(F)(F)C(F)(F)O[C@@]1(F)C(F)(F)C(F)(F)C(F)(F)[C@@](F)(C(F)(F)C(F)(F)F)C1(F)F. The molecule has 0 amide bonds. The Morgan fingerprint density at radius 2 is 0.765 bits per heavy atom. The van der Waals surface area contributed by atoms with Gasteiger partial charge in [0.2, 0.25) is 0 Å². The molecule has 1 aliphatic rings. The van der Waals surface area contributed by atoms with E-state index in [4.69, 9.17) is 0 Å². The van der Waals surface area contributed by atoms with Gasteiger partial charge in [0.15, 0.2) is 0 Å².